The van der Waals surface area contributed by atoms with Gasteiger partial charge in [-0.05, 0) is 43.7 Å². The van der Waals surface area contributed by atoms with Crippen LogP contribution in [0.5, 0.6) is 0 Å². The normalized spacial score (nSPS) is 12.7. The van der Waals surface area contributed by atoms with Crippen molar-refractivity contribution in [3.8, 4) is 0 Å². The summed E-state index contributed by atoms with van der Waals surface area (Å²) in [5.41, 5.74) is 9.99. The number of aryl methyl sites for hydroxylation is 1. The molecule has 0 bridgehead atoms. The zero-order valence-electron chi connectivity index (χ0n) is 11.2. The first-order valence-corrected chi connectivity index (χ1v) is 6.46. The smallest absolute Gasteiger partial charge is 0.107 e. The Hall–Kier alpha value is -2.29. The molecule has 1 atom stereocenters. The van der Waals surface area contributed by atoms with Crippen molar-refractivity contribution in [1.82, 2.24) is 9.55 Å². The molecule has 3 aromatic rings. The Morgan fingerprint density at radius 1 is 1.05 bits per heavy atom. The molecule has 1 unspecified atom stereocenters. The van der Waals surface area contributed by atoms with Gasteiger partial charge in [-0.15, -0.1) is 0 Å². The van der Waals surface area contributed by atoms with E-state index in [0.29, 0.717) is 0 Å². The highest BCUT2D eigenvalue weighted by Gasteiger charge is 2.14. The molecule has 0 aliphatic rings. The summed E-state index contributed by atoms with van der Waals surface area (Å²) < 4.78 is 2.26. The molecule has 0 radical (unpaired) electrons. The molecule has 0 fully saturated rings. The number of nitrogens with two attached hydrogens (primary N) is 1. The van der Waals surface area contributed by atoms with Gasteiger partial charge >= 0.3 is 0 Å². The third-order valence-electron chi connectivity index (χ3n) is 3.58. The zero-order chi connectivity index (χ0) is 13.4. The van der Waals surface area contributed by atoms with Crippen LogP contribution >= 0.6 is 0 Å². The molecule has 0 amide bonds. The Balaban J connectivity index is 2.13. The monoisotopic (exact) mass is 251 g/mol. The van der Waals surface area contributed by atoms with Gasteiger partial charge in [0.1, 0.15) is 5.82 Å². The fraction of sp³-hybridized carbons (Fsp3) is 0.188. The minimum atomic E-state index is 0.244. The first-order valence-electron chi connectivity index (χ1n) is 6.46. The van der Waals surface area contributed by atoms with Gasteiger partial charge in [-0.1, -0.05) is 24.3 Å². The fourth-order valence-electron chi connectivity index (χ4n) is 2.58. The highest BCUT2D eigenvalue weighted by atomic mass is 15.1. The number of nitrogen functional groups attached to an aromatic ring is 1. The minimum absolute atomic E-state index is 0.244. The summed E-state index contributed by atoms with van der Waals surface area (Å²) in [7, 11) is 0. The molecular formula is C16H17N3. The topological polar surface area (TPSA) is 43.8 Å². The van der Waals surface area contributed by atoms with Crippen molar-refractivity contribution in [2.24, 2.45) is 0 Å². The highest BCUT2D eigenvalue weighted by Crippen LogP contribution is 2.26. The number of rotatable bonds is 2. The molecule has 3 heteroatoms. The van der Waals surface area contributed by atoms with E-state index in [1.54, 1.807) is 0 Å². The second-order valence-corrected chi connectivity index (χ2v) is 4.86. The van der Waals surface area contributed by atoms with E-state index < -0.39 is 0 Å². The van der Waals surface area contributed by atoms with Gasteiger partial charge < -0.3 is 10.3 Å². The first kappa shape index (κ1) is 11.8. The molecule has 2 N–H and O–H groups in total. The SMILES string of the molecule is Cc1nc2ccccc2n1C(C)c1ccc(N)cc1. The molecule has 0 aliphatic heterocycles. The Bertz CT molecular complexity index is 710. The summed E-state index contributed by atoms with van der Waals surface area (Å²) in [5, 5.41) is 0. The molecule has 3 nitrogen and oxygen atoms in total. The second-order valence-electron chi connectivity index (χ2n) is 4.86. The van der Waals surface area contributed by atoms with Crippen LogP contribution in [-0.4, -0.2) is 9.55 Å². The van der Waals surface area contributed by atoms with E-state index in [0.717, 1.165) is 17.0 Å². The lowest BCUT2D eigenvalue weighted by molar-refractivity contribution is 0.637. The predicted molar refractivity (Wildman–Crippen MR) is 79.1 cm³/mol. The number of nitrogens with zero attached hydrogens (tertiary/aromatic N) is 2. The van der Waals surface area contributed by atoms with Crippen LogP contribution < -0.4 is 5.73 Å². The van der Waals surface area contributed by atoms with Crippen LogP contribution in [0, 0.1) is 6.92 Å². The summed E-state index contributed by atoms with van der Waals surface area (Å²) >= 11 is 0. The maximum absolute atomic E-state index is 5.75. The van der Waals surface area contributed by atoms with E-state index in [-0.39, 0.29) is 6.04 Å². The van der Waals surface area contributed by atoms with Crippen LogP contribution in [0.2, 0.25) is 0 Å². The van der Waals surface area contributed by atoms with E-state index >= 15 is 0 Å². The van der Waals surface area contributed by atoms with Gasteiger partial charge in [0.2, 0.25) is 0 Å². The molecule has 1 heterocycles. The lowest BCUT2D eigenvalue weighted by Gasteiger charge is -2.17. The van der Waals surface area contributed by atoms with Gasteiger partial charge in [0, 0.05) is 5.69 Å². The third-order valence-corrected chi connectivity index (χ3v) is 3.58. The van der Waals surface area contributed by atoms with Crippen LogP contribution in [-0.2, 0) is 0 Å². The van der Waals surface area contributed by atoms with Crippen LogP contribution in [0.25, 0.3) is 11.0 Å². The third kappa shape index (κ3) is 1.97. The van der Waals surface area contributed by atoms with Crippen LogP contribution in [0.15, 0.2) is 48.5 Å². The molecular weight excluding hydrogens is 234 g/mol. The average Bonchev–Trinajstić information content (AvgIpc) is 2.74. The van der Waals surface area contributed by atoms with Crippen molar-refractivity contribution in [3.63, 3.8) is 0 Å². The Labute approximate surface area is 112 Å². The minimum Gasteiger partial charge on any atom is -0.399 e. The molecule has 2 aromatic carbocycles. The average molecular weight is 251 g/mol. The maximum atomic E-state index is 5.75. The lowest BCUT2D eigenvalue weighted by Crippen LogP contribution is -2.08. The summed E-state index contributed by atoms with van der Waals surface area (Å²) in [5.74, 6) is 1.03. The largest absolute Gasteiger partial charge is 0.399 e. The first-order chi connectivity index (χ1) is 9.16. The van der Waals surface area contributed by atoms with E-state index in [4.69, 9.17) is 5.73 Å². The molecule has 3 rings (SSSR count). The number of para-hydroxylation sites is 2. The predicted octanol–water partition coefficient (Wildman–Crippen LogP) is 3.54. The maximum Gasteiger partial charge on any atom is 0.107 e. The molecule has 0 saturated heterocycles. The van der Waals surface area contributed by atoms with Crippen LogP contribution in [0.4, 0.5) is 5.69 Å². The lowest BCUT2D eigenvalue weighted by atomic mass is 10.1. The van der Waals surface area contributed by atoms with Gasteiger partial charge in [0.15, 0.2) is 0 Å². The van der Waals surface area contributed by atoms with Gasteiger partial charge in [-0.3, -0.25) is 0 Å². The van der Waals surface area contributed by atoms with Gasteiger partial charge in [-0.25, -0.2) is 4.98 Å². The van der Waals surface area contributed by atoms with Crippen molar-refractivity contribution < 1.29 is 0 Å². The van der Waals surface area contributed by atoms with Crippen molar-refractivity contribution in [2.45, 2.75) is 19.9 Å². The van der Waals surface area contributed by atoms with Crippen molar-refractivity contribution >= 4 is 16.7 Å². The number of anilines is 1. The Morgan fingerprint density at radius 2 is 1.74 bits per heavy atom. The second kappa shape index (κ2) is 4.43. The number of imidazole rings is 1. The number of hydrogen-bond donors (Lipinski definition) is 1. The summed E-state index contributed by atoms with van der Waals surface area (Å²) in [4.78, 5) is 4.62. The summed E-state index contributed by atoms with van der Waals surface area (Å²) in [6, 6.07) is 16.5. The Kier molecular flexibility index (Phi) is 2.75. The van der Waals surface area contributed by atoms with Gasteiger partial charge in [-0.2, -0.15) is 0 Å². The van der Waals surface area contributed by atoms with Crippen molar-refractivity contribution in [2.75, 3.05) is 5.73 Å². The zero-order valence-corrected chi connectivity index (χ0v) is 11.2. The van der Waals surface area contributed by atoms with Crippen molar-refractivity contribution in [1.29, 1.82) is 0 Å². The van der Waals surface area contributed by atoms with E-state index in [1.807, 2.05) is 25.1 Å². The Morgan fingerprint density at radius 3 is 2.47 bits per heavy atom. The summed E-state index contributed by atoms with van der Waals surface area (Å²) in [6.45, 7) is 4.24. The number of hydrogen-bond acceptors (Lipinski definition) is 2. The standard InChI is InChI=1S/C16H17N3/c1-11(13-7-9-14(17)10-8-13)19-12(2)18-15-5-3-4-6-16(15)19/h3-11H,17H2,1-2H3. The van der Waals surface area contributed by atoms with Crippen LogP contribution in [0.3, 0.4) is 0 Å². The number of benzene rings is 2. The number of fused-ring (bicyclic) bond motifs is 1. The van der Waals surface area contributed by atoms with Crippen LogP contribution in [0.1, 0.15) is 24.4 Å². The quantitative estimate of drug-likeness (QED) is 0.708. The van der Waals surface area contributed by atoms with E-state index in [2.05, 4.69) is 46.8 Å². The summed E-state index contributed by atoms with van der Waals surface area (Å²) in [6.07, 6.45) is 0. The number of aromatic nitrogens is 2. The van der Waals surface area contributed by atoms with E-state index in [1.165, 1.54) is 11.1 Å². The molecule has 0 aliphatic carbocycles. The molecule has 1 aromatic heterocycles. The van der Waals surface area contributed by atoms with E-state index in [9.17, 15) is 0 Å². The van der Waals surface area contributed by atoms with Gasteiger partial charge in [0.25, 0.3) is 0 Å². The molecule has 96 valence electrons. The van der Waals surface area contributed by atoms with Gasteiger partial charge in [0.05, 0.1) is 17.1 Å². The highest BCUT2D eigenvalue weighted by molar-refractivity contribution is 5.76. The molecule has 19 heavy (non-hydrogen) atoms. The molecule has 0 saturated carbocycles. The molecule has 0 spiro atoms. The fourth-order valence-corrected chi connectivity index (χ4v) is 2.58. The van der Waals surface area contributed by atoms with Crippen molar-refractivity contribution in [3.05, 3.63) is 59.9 Å².